The van der Waals surface area contributed by atoms with E-state index in [1.165, 1.54) is 0 Å². The highest BCUT2D eigenvalue weighted by atomic mass is 16.5. The van der Waals surface area contributed by atoms with E-state index in [0.29, 0.717) is 5.92 Å². The fraction of sp³-hybridized carbons (Fsp3) is 0.455. The SMILES string of the molecule is COc1ccc(O)cc1C(N)C(C)C. The van der Waals surface area contributed by atoms with Crippen molar-refractivity contribution in [2.24, 2.45) is 11.7 Å². The van der Waals surface area contributed by atoms with Crippen LogP contribution in [0, 0.1) is 5.92 Å². The molecule has 0 fully saturated rings. The minimum atomic E-state index is -0.114. The van der Waals surface area contributed by atoms with Crippen molar-refractivity contribution in [1.82, 2.24) is 0 Å². The van der Waals surface area contributed by atoms with Gasteiger partial charge in [-0.1, -0.05) is 13.8 Å². The second kappa shape index (κ2) is 4.33. The van der Waals surface area contributed by atoms with Crippen LogP contribution in [-0.2, 0) is 0 Å². The summed E-state index contributed by atoms with van der Waals surface area (Å²) >= 11 is 0. The van der Waals surface area contributed by atoms with E-state index in [1.807, 2.05) is 13.8 Å². The summed E-state index contributed by atoms with van der Waals surface area (Å²) in [5.74, 6) is 1.26. The van der Waals surface area contributed by atoms with Gasteiger partial charge in [0.2, 0.25) is 0 Å². The van der Waals surface area contributed by atoms with Gasteiger partial charge in [-0.3, -0.25) is 0 Å². The molecule has 0 aliphatic rings. The Kier molecular flexibility index (Phi) is 3.36. The molecule has 1 aromatic rings. The summed E-state index contributed by atoms with van der Waals surface area (Å²) in [4.78, 5) is 0. The molecule has 0 aliphatic carbocycles. The maximum atomic E-state index is 9.35. The van der Waals surface area contributed by atoms with E-state index < -0.39 is 0 Å². The van der Waals surface area contributed by atoms with Crippen LogP contribution in [-0.4, -0.2) is 12.2 Å². The van der Waals surface area contributed by atoms with Crippen molar-refractivity contribution < 1.29 is 9.84 Å². The zero-order chi connectivity index (χ0) is 10.7. The third kappa shape index (κ3) is 2.17. The lowest BCUT2D eigenvalue weighted by atomic mass is 9.96. The summed E-state index contributed by atoms with van der Waals surface area (Å²) in [5, 5.41) is 9.35. The maximum Gasteiger partial charge on any atom is 0.123 e. The van der Waals surface area contributed by atoms with Gasteiger partial charge in [0.1, 0.15) is 11.5 Å². The van der Waals surface area contributed by atoms with E-state index in [4.69, 9.17) is 10.5 Å². The number of ether oxygens (including phenoxy) is 1. The van der Waals surface area contributed by atoms with E-state index >= 15 is 0 Å². The molecule has 0 bridgehead atoms. The van der Waals surface area contributed by atoms with Gasteiger partial charge in [0.15, 0.2) is 0 Å². The molecule has 1 unspecified atom stereocenters. The van der Waals surface area contributed by atoms with Crippen LogP contribution in [0.4, 0.5) is 0 Å². The molecule has 0 spiro atoms. The third-order valence-electron chi connectivity index (χ3n) is 2.29. The Morgan fingerprint density at radius 3 is 2.50 bits per heavy atom. The second-order valence-corrected chi connectivity index (χ2v) is 3.70. The van der Waals surface area contributed by atoms with E-state index in [-0.39, 0.29) is 11.8 Å². The molecule has 0 saturated heterocycles. The van der Waals surface area contributed by atoms with Gasteiger partial charge in [-0.2, -0.15) is 0 Å². The van der Waals surface area contributed by atoms with Gasteiger partial charge in [0, 0.05) is 11.6 Å². The number of methoxy groups -OCH3 is 1. The number of aromatic hydroxyl groups is 1. The van der Waals surface area contributed by atoms with Crippen molar-refractivity contribution in [2.45, 2.75) is 19.9 Å². The predicted octanol–water partition coefficient (Wildman–Crippen LogP) is 2.06. The molecule has 1 aromatic carbocycles. The van der Waals surface area contributed by atoms with E-state index in [1.54, 1.807) is 25.3 Å². The number of rotatable bonds is 3. The number of phenols is 1. The number of phenolic OH excluding ortho intramolecular Hbond substituents is 1. The highest BCUT2D eigenvalue weighted by Gasteiger charge is 2.15. The first-order valence-electron chi connectivity index (χ1n) is 4.68. The quantitative estimate of drug-likeness (QED) is 0.776. The van der Waals surface area contributed by atoms with Crippen LogP contribution in [0.25, 0.3) is 0 Å². The Hall–Kier alpha value is -1.22. The van der Waals surface area contributed by atoms with Gasteiger partial charge in [-0.15, -0.1) is 0 Å². The van der Waals surface area contributed by atoms with Gasteiger partial charge in [0.25, 0.3) is 0 Å². The van der Waals surface area contributed by atoms with Gasteiger partial charge in [-0.05, 0) is 24.1 Å². The zero-order valence-electron chi connectivity index (χ0n) is 8.82. The molecule has 14 heavy (non-hydrogen) atoms. The van der Waals surface area contributed by atoms with Crippen molar-refractivity contribution in [1.29, 1.82) is 0 Å². The fourth-order valence-electron chi connectivity index (χ4n) is 1.34. The highest BCUT2D eigenvalue weighted by Crippen LogP contribution is 2.30. The summed E-state index contributed by atoms with van der Waals surface area (Å²) in [5.41, 5.74) is 6.84. The molecule has 0 saturated carbocycles. The molecule has 3 N–H and O–H groups in total. The largest absolute Gasteiger partial charge is 0.508 e. The molecule has 0 radical (unpaired) electrons. The third-order valence-corrected chi connectivity index (χ3v) is 2.29. The zero-order valence-corrected chi connectivity index (χ0v) is 8.82. The normalized spacial score (nSPS) is 12.9. The summed E-state index contributed by atoms with van der Waals surface area (Å²) in [6.07, 6.45) is 0. The van der Waals surface area contributed by atoms with Crippen molar-refractivity contribution in [2.75, 3.05) is 7.11 Å². The average molecular weight is 195 g/mol. The molecule has 0 amide bonds. The number of nitrogens with two attached hydrogens (primary N) is 1. The monoisotopic (exact) mass is 195 g/mol. The standard InChI is InChI=1S/C11H17NO2/c1-7(2)11(12)9-6-8(13)4-5-10(9)14-3/h4-7,11,13H,12H2,1-3H3. The Bertz CT molecular complexity index is 310. The first-order valence-corrected chi connectivity index (χ1v) is 4.68. The van der Waals surface area contributed by atoms with Gasteiger partial charge >= 0.3 is 0 Å². The summed E-state index contributed by atoms with van der Waals surface area (Å²) < 4.78 is 5.18. The smallest absolute Gasteiger partial charge is 0.123 e. The topological polar surface area (TPSA) is 55.5 Å². The van der Waals surface area contributed by atoms with Gasteiger partial charge in [-0.25, -0.2) is 0 Å². The van der Waals surface area contributed by atoms with Crippen molar-refractivity contribution >= 4 is 0 Å². The van der Waals surface area contributed by atoms with Gasteiger partial charge < -0.3 is 15.6 Å². The minimum absolute atomic E-state index is 0.114. The Balaban J connectivity index is 3.10. The first-order chi connectivity index (χ1) is 6.56. The molecule has 0 aliphatic heterocycles. The number of hydrogen-bond donors (Lipinski definition) is 2. The summed E-state index contributed by atoms with van der Waals surface area (Å²) in [7, 11) is 1.60. The molecule has 3 heteroatoms. The molecular formula is C11H17NO2. The second-order valence-electron chi connectivity index (χ2n) is 3.70. The fourth-order valence-corrected chi connectivity index (χ4v) is 1.34. The highest BCUT2D eigenvalue weighted by molar-refractivity contribution is 5.41. The molecule has 0 aromatic heterocycles. The molecule has 3 nitrogen and oxygen atoms in total. The van der Waals surface area contributed by atoms with Gasteiger partial charge in [0.05, 0.1) is 7.11 Å². The average Bonchev–Trinajstić information content (AvgIpc) is 2.16. The van der Waals surface area contributed by atoms with Crippen LogP contribution in [0.5, 0.6) is 11.5 Å². The summed E-state index contributed by atoms with van der Waals surface area (Å²) in [6, 6.07) is 4.86. The van der Waals surface area contributed by atoms with Crippen molar-refractivity contribution in [3.63, 3.8) is 0 Å². The minimum Gasteiger partial charge on any atom is -0.508 e. The number of hydrogen-bond acceptors (Lipinski definition) is 3. The van der Waals surface area contributed by atoms with E-state index in [2.05, 4.69) is 0 Å². The van der Waals surface area contributed by atoms with E-state index in [0.717, 1.165) is 11.3 Å². The Morgan fingerprint density at radius 2 is 2.00 bits per heavy atom. The van der Waals surface area contributed by atoms with Crippen LogP contribution in [0.3, 0.4) is 0 Å². The Morgan fingerprint density at radius 1 is 1.36 bits per heavy atom. The van der Waals surface area contributed by atoms with Crippen LogP contribution < -0.4 is 10.5 Å². The van der Waals surface area contributed by atoms with Crippen LogP contribution >= 0.6 is 0 Å². The number of benzene rings is 1. The van der Waals surface area contributed by atoms with Crippen molar-refractivity contribution in [3.8, 4) is 11.5 Å². The lowest BCUT2D eigenvalue weighted by Gasteiger charge is -2.19. The van der Waals surface area contributed by atoms with Crippen LogP contribution in [0.2, 0.25) is 0 Å². The molecule has 1 rings (SSSR count). The van der Waals surface area contributed by atoms with Crippen LogP contribution in [0.1, 0.15) is 25.5 Å². The van der Waals surface area contributed by atoms with E-state index in [9.17, 15) is 5.11 Å². The van der Waals surface area contributed by atoms with Crippen LogP contribution in [0.15, 0.2) is 18.2 Å². The molecule has 78 valence electrons. The summed E-state index contributed by atoms with van der Waals surface area (Å²) in [6.45, 7) is 4.07. The molecule has 1 atom stereocenters. The lowest BCUT2D eigenvalue weighted by Crippen LogP contribution is -2.17. The maximum absolute atomic E-state index is 9.35. The first kappa shape index (κ1) is 10.9. The lowest BCUT2D eigenvalue weighted by molar-refractivity contribution is 0.393. The predicted molar refractivity (Wildman–Crippen MR) is 56.4 cm³/mol. The molecular weight excluding hydrogens is 178 g/mol. The van der Waals surface area contributed by atoms with Crippen molar-refractivity contribution in [3.05, 3.63) is 23.8 Å². The molecule has 0 heterocycles. The Labute approximate surface area is 84.5 Å².